The van der Waals surface area contributed by atoms with Gasteiger partial charge in [-0.25, -0.2) is 12.7 Å². The van der Waals surface area contributed by atoms with E-state index in [9.17, 15) is 27.9 Å². The number of rotatable bonds is 4. The largest absolute Gasteiger partial charge is 0.375 e. The minimum Gasteiger partial charge on any atom is -0.375 e. The van der Waals surface area contributed by atoms with Crippen LogP contribution in [0.5, 0.6) is 0 Å². The van der Waals surface area contributed by atoms with Gasteiger partial charge in [0, 0.05) is 11.6 Å². The first kappa shape index (κ1) is 24.7. The Morgan fingerprint density at radius 2 is 1.58 bits per heavy atom. The molecule has 0 aromatic heterocycles. The lowest BCUT2D eigenvalue weighted by Crippen LogP contribution is -2.70. The summed E-state index contributed by atoms with van der Waals surface area (Å²) in [4.78, 5) is 41.5. The van der Waals surface area contributed by atoms with Gasteiger partial charge in [0.15, 0.2) is 5.60 Å². The summed E-state index contributed by atoms with van der Waals surface area (Å²) in [6.45, 7) is 6.76. The molecule has 1 aliphatic carbocycles. The molecule has 10 heteroatoms. The highest BCUT2D eigenvalue weighted by atomic mass is 35.5. The molecule has 3 amide bonds. The lowest BCUT2D eigenvalue weighted by atomic mass is 9.62. The van der Waals surface area contributed by atoms with Crippen LogP contribution in [0.1, 0.15) is 29.2 Å². The Hall–Kier alpha value is -3.01. The molecule has 0 radical (unpaired) electrons. The zero-order chi connectivity index (χ0) is 26.3. The minimum absolute atomic E-state index is 0.0425. The number of hydrogen-bond donors (Lipinski definition) is 1. The molecular weight excluding hydrogens is 504 g/mol. The summed E-state index contributed by atoms with van der Waals surface area (Å²) in [6.07, 6.45) is 1.44. The van der Waals surface area contributed by atoms with Gasteiger partial charge < -0.3 is 5.11 Å². The highest BCUT2D eigenvalue weighted by molar-refractivity contribution is 7.89. The fourth-order valence-electron chi connectivity index (χ4n) is 6.07. The van der Waals surface area contributed by atoms with Crippen LogP contribution in [-0.4, -0.2) is 58.6 Å². The highest BCUT2D eigenvalue weighted by Crippen LogP contribution is 2.55. The van der Waals surface area contributed by atoms with Gasteiger partial charge in [-0.1, -0.05) is 47.5 Å². The minimum atomic E-state index is -4.50. The fourth-order valence-corrected chi connectivity index (χ4v) is 8.19. The second-order valence-corrected chi connectivity index (χ2v) is 11.8. The van der Waals surface area contributed by atoms with Gasteiger partial charge in [-0.15, -0.1) is 0 Å². The van der Waals surface area contributed by atoms with E-state index in [4.69, 9.17) is 11.6 Å². The van der Waals surface area contributed by atoms with Crippen LogP contribution in [0, 0.1) is 32.6 Å². The first-order valence-electron chi connectivity index (χ1n) is 11.6. The molecule has 0 saturated carbocycles. The SMILES string of the molecule is CCN1C(=O)C2C3C=C(c4ccc(Cl)cc4)C(O)(C(=O)N3S(=O)(=O)c3c(C)cc(C)cc3C)C2C1=O. The van der Waals surface area contributed by atoms with Crippen LogP contribution < -0.4 is 0 Å². The molecule has 4 atom stereocenters. The standard InChI is InChI=1S/C26H25ClN2O6S/c1-5-28-23(30)20-19-12-18(16-6-8-17(27)9-7-16)26(33,21(20)24(28)31)25(32)29(19)36(34,35)22-14(3)10-13(2)11-15(22)4/h6-12,19-21,33H,5H2,1-4H3. The number of benzene rings is 2. The number of imide groups is 1. The van der Waals surface area contributed by atoms with Gasteiger partial charge in [0.1, 0.15) is 0 Å². The van der Waals surface area contributed by atoms with Gasteiger partial charge in [-0.2, -0.15) is 0 Å². The van der Waals surface area contributed by atoms with Crippen molar-refractivity contribution in [2.24, 2.45) is 11.8 Å². The van der Waals surface area contributed by atoms with Crippen molar-refractivity contribution in [3.05, 3.63) is 69.8 Å². The molecule has 4 unspecified atom stereocenters. The van der Waals surface area contributed by atoms with Crippen LogP contribution in [0.3, 0.4) is 0 Å². The average Bonchev–Trinajstić information content (AvgIpc) is 3.05. The van der Waals surface area contributed by atoms with Crippen LogP contribution in [0.4, 0.5) is 0 Å². The molecule has 2 fully saturated rings. The fraction of sp³-hybridized carbons (Fsp3) is 0.346. The summed E-state index contributed by atoms with van der Waals surface area (Å²) in [6, 6.07) is 8.42. The summed E-state index contributed by atoms with van der Waals surface area (Å²) < 4.78 is 28.7. The van der Waals surface area contributed by atoms with E-state index < -0.39 is 51.2 Å². The number of hydrogen-bond acceptors (Lipinski definition) is 6. The Balaban J connectivity index is 1.77. The zero-order valence-electron chi connectivity index (χ0n) is 20.1. The van der Waals surface area contributed by atoms with Crippen molar-refractivity contribution < 1.29 is 27.9 Å². The molecule has 6 rings (SSSR count). The first-order chi connectivity index (χ1) is 16.8. The third-order valence-electron chi connectivity index (χ3n) is 7.40. The maximum absolute atomic E-state index is 14.0. The molecule has 2 aromatic rings. The highest BCUT2D eigenvalue weighted by Gasteiger charge is 2.72. The predicted molar refractivity (Wildman–Crippen MR) is 132 cm³/mol. The molecule has 0 spiro atoms. The van der Waals surface area contributed by atoms with E-state index in [0.717, 1.165) is 10.5 Å². The summed E-state index contributed by atoms with van der Waals surface area (Å²) in [7, 11) is -4.50. The Kier molecular flexibility index (Phi) is 5.48. The molecule has 2 saturated heterocycles. The maximum atomic E-state index is 14.0. The van der Waals surface area contributed by atoms with Crippen molar-refractivity contribution in [2.45, 2.75) is 44.2 Å². The lowest BCUT2D eigenvalue weighted by Gasteiger charge is -2.52. The van der Waals surface area contributed by atoms with Gasteiger partial charge in [0.2, 0.25) is 11.8 Å². The van der Waals surface area contributed by atoms with Crippen molar-refractivity contribution in [3.8, 4) is 0 Å². The van der Waals surface area contributed by atoms with E-state index in [-0.39, 0.29) is 17.0 Å². The monoisotopic (exact) mass is 528 g/mol. The smallest absolute Gasteiger partial charge is 0.274 e. The van der Waals surface area contributed by atoms with Gasteiger partial charge >= 0.3 is 0 Å². The lowest BCUT2D eigenvalue weighted by molar-refractivity contribution is -0.163. The van der Waals surface area contributed by atoms with E-state index >= 15 is 0 Å². The third-order valence-corrected chi connectivity index (χ3v) is 9.74. The molecule has 4 aliphatic rings. The van der Waals surface area contributed by atoms with Crippen LogP contribution in [0.2, 0.25) is 5.02 Å². The average molecular weight is 529 g/mol. The van der Waals surface area contributed by atoms with Crippen LogP contribution in [0.15, 0.2) is 47.4 Å². The van der Waals surface area contributed by atoms with E-state index in [2.05, 4.69) is 0 Å². The van der Waals surface area contributed by atoms with Crippen LogP contribution in [0.25, 0.3) is 5.57 Å². The number of aryl methyl sites for hydroxylation is 3. The molecule has 3 heterocycles. The number of amides is 3. The van der Waals surface area contributed by atoms with E-state index in [1.54, 1.807) is 57.2 Å². The molecule has 8 nitrogen and oxygen atoms in total. The van der Waals surface area contributed by atoms with Crippen LogP contribution in [-0.2, 0) is 24.4 Å². The molecule has 2 bridgehead atoms. The molecule has 36 heavy (non-hydrogen) atoms. The number of likely N-dealkylation sites (tertiary alicyclic amines) is 1. The van der Waals surface area contributed by atoms with E-state index in [0.29, 0.717) is 26.0 Å². The maximum Gasteiger partial charge on any atom is 0.274 e. The first-order valence-corrected chi connectivity index (χ1v) is 13.4. The second-order valence-electron chi connectivity index (χ2n) is 9.60. The topological polar surface area (TPSA) is 112 Å². The Morgan fingerprint density at radius 1 is 1.00 bits per heavy atom. The van der Waals surface area contributed by atoms with Crippen molar-refractivity contribution in [1.29, 1.82) is 0 Å². The third kappa shape index (κ3) is 3.09. The summed E-state index contributed by atoms with van der Waals surface area (Å²) in [5, 5.41) is 12.5. The Morgan fingerprint density at radius 3 is 2.14 bits per heavy atom. The van der Waals surface area contributed by atoms with Crippen molar-refractivity contribution in [1.82, 2.24) is 9.21 Å². The zero-order valence-corrected chi connectivity index (χ0v) is 21.7. The number of piperidine rings is 1. The van der Waals surface area contributed by atoms with Crippen molar-refractivity contribution >= 4 is 44.9 Å². The number of fused-ring (bicyclic) bond motifs is 1. The van der Waals surface area contributed by atoms with Gasteiger partial charge in [-0.3, -0.25) is 19.3 Å². The number of aliphatic hydroxyl groups is 1. The van der Waals surface area contributed by atoms with Crippen molar-refractivity contribution in [3.63, 3.8) is 0 Å². The van der Waals surface area contributed by atoms with E-state index in [1.165, 1.54) is 6.08 Å². The second kappa shape index (κ2) is 7.99. The Labute approximate surface area is 214 Å². The quantitative estimate of drug-likeness (QED) is 0.610. The summed E-state index contributed by atoms with van der Waals surface area (Å²) >= 11 is 6.01. The normalized spacial score (nSPS) is 27.6. The molecule has 2 aromatic carbocycles. The van der Waals surface area contributed by atoms with Gasteiger partial charge in [-0.05, 0) is 62.1 Å². The summed E-state index contributed by atoms with van der Waals surface area (Å²) in [5.74, 6) is -5.08. The predicted octanol–water partition coefficient (Wildman–Crippen LogP) is 2.61. The Bertz CT molecular complexity index is 1460. The molecule has 1 N–H and O–H groups in total. The molecule has 3 aliphatic heterocycles. The van der Waals surface area contributed by atoms with Gasteiger partial charge in [0.05, 0.1) is 22.8 Å². The van der Waals surface area contributed by atoms with Gasteiger partial charge in [0.25, 0.3) is 15.9 Å². The number of nitrogens with zero attached hydrogens (tertiary/aromatic N) is 2. The number of carbonyl (C=O) groups excluding carboxylic acids is 3. The molecule has 188 valence electrons. The van der Waals surface area contributed by atoms with Crippen molar-refractivity contribution in [2.75, 3.05) is 6.54 Å². The summed E-state index contributed by atoms with van der Waals surface area (Å²) in [5.41, 5.74) is -0.308. The number of halogens is 1. The van der Waals surface area contributed by atoms with E-state index in [1.807, 2.05) is 6.92 Å². The number of sulfonamides is 1. The van der Waals surface area contributed by atoms with Crippen LogP contribution >= 0.6 is 11.6 Å². The number of carbonyl (C=O) groups is 3. The molecular formula is C26H25ClN2O6S.